The molecule has 0 saturated heterocycles. The SMILES string of the molecule is CCCCCc1ccc(C(=O)N(CCN(CCCC)CCCC)Cc2ccc(OCC)cc2)cc1. The molecule has 0 N–H and O–H groups in total. The van der Waals surface area contributed by atoms with Gasteiger partial charge < -0.3 is 14.5 Å². The van der Waals surface area contributed by atoms with E-state index in [2.05, 4.69) is 49.9 Å². The first-order valence-electron chi connectivity index (χ1n) is 13.9. The Hall–Kier alpha value is -2.33. The number of rotatable bonds is 18. The van der Waals surface area contributed by atoms with Gasteiger partial charge in [0.05, 0.1) is 6.61 Å². The average molecular weight is 481 g/mol. The van der Waals surface area contributed by atoms with Crippen LogP contribution < -0.4 is 4.74 Å². The second-order valence-corrected chi connectivity index (χ2v) is 9.51. The quantitative estimate of drug-likeness (QED) is 0.209. The number of amides is 1. The van der Waals surface area contributed by atoms with Crippen molar-refractivity contribution in [1.82, 2.24) is 9.80 Å². The number of carbonyl (C=O) groups excluding carboxylic acids is 1. The second kappa shape index (κ2) is 17.2. The van der Waals surface area contributed by atoms with Crippen LogP contribution in [-0.2, 0) is 13.0 Å². The summed E-state index contributed by atoms with van der Waals surface area (Å²) in [6.45, 7) is 13.8. The van der Waals surface area contributed by atoms with Crippen LogP contribution in [-0.4, -0.2) is 48.5 Å². The largest absolute Gasteiger partial charge is 0.494 e. The highest BCUT2D eigenvalue weighted by Crippen LogP contribution is 2.17. The minimum atomic E-state index is 0.116. The first-order chi connectivity index (χ1) is 17.1. The van der Waals surface area contributed by atoms with Crippen molar-refractivity contribution >= 4 is 5.91 Å². The summed E-state index contributed by atoms with van der Waals surface area (Å²) in [4.78, 5) is 18.2. The summed E-state index contributed by atoms with van der Waals surface area (Å²) in [5.41, 5.74) is 3.23. The maximum atomic E-state index is 13.6. The van der Waals surface area contributed by atoms with Crippen LogP contribution in [0.3, 0.4) is 0 Å². The lowest BCUT2D eigenvalue weighted by atomic mass is 10.0. The fourth-order valence-corrected chi connectivity index (χ4v) is 4.27. The molecule has 4 heteroatoms. The Balaban J connectivity index is 2.13. The van der Waals surface area contributed by atoms with Crippen molar-refractivity contribution in [2.75, 3.05) is 32.8 Å². The van der Waals surface area contributed by atoms with Crippen LogP contribution in [0.1, 0.15) is 94.1 Å². The molecular weight excluding hydrogens is 432 g/mol. The van der Waals surface area contributed by atoms with Crippen LogP contribution in [0, 0.1) is 0 Å². The molecular formula is C31H48N2O2. The lowest BCUT2D eigenvalue weighted by molar-refractivity contribution is 0.0720. The number of hydrogen-bond acceptors (Lipinski definition) is 3. The van der Waals surface area contributed by atoms with E-state index in [1.807, 2.05) is 36.1 Å². The number of unbranched alkanes of at least 4 members (excludes halogenated alkanes) is 4. The Labute approximate surface area is 214 Å². The summed E-state index contributed by atoms with van der Waals surface area (Å²) in [5, 5.41) is 0. The van der Waals surface area contributed by atoms with E-state index < -0.39 is 0 Å². The van der Waals surface area contributed by atoms with Gasteiger partial charge in [-0.25, -0.2) is 0 Å². The Kier molecular flexibility index (Phi) is 14.2. The molecule has 2 rings (SSSR count). The van der Waals surface area contributed by atoms with Crippen molar-refractivity contribution in [2.24, 2.45) is 0 Å². The van der Waals surface area contributed by atoms with E-state index in [0.717, 1.165) is 49.5 Å². The van der Waals surface area contributed by atoms with E-state index in [9.17, 15) is 4.79 Å². The van der Waals surface area contributed by atoms with Gasteiger partial charge in [-0.05, 0) is 81.1 Å². The van der Waals surface area contributed by atoms with Crippen LogP contribution >= 0.6 is 0 Å². The highest BCUT2D eigenvalue weighted by Gasteiger charge is 2.18. The topological polar surface area (TPSA) is 32.8 Å². The van der Waals surface area contributed by atoms with Crippen LogP contribution in [0.25, 0.3) is 0 Å². The molecule has 2 aromatic rings. The molecule has 0 unspecified atom stereocenters. The third-order valence-corrected chi connectivity index (χ3v) is 6.51. The third-order valence-electron chi connectivity index (χ3n) is 6.51. The summed E-state index contributed by atoms with van der Waals surface area (Å²) < 4.78 is 5.60. The Morgan fingerprint density at radius 1 is 0.686 bits per heavy atom. The second-order valence-electron chi connectivity index (χ2n) is 9.51. The van der Waals surface area contributed by atoms with Crippen molar-refractivity contribution < 1.29 is 9.53 Å². The number of aryl methyl sites for hydroxylation is 1. The third kappa shape index (κ3) is 10.9. The molecule has 1 amide bonds. The van der Waals surface area contributed by atoms with Crippen molar-refractivity contribution in [3.63, 3.8) is 0 Å². The number of ether oxygens (including phenoxy) is 1. The molecule has 0 radical (unpaired) electrons. The molecule has 0 aliphatic rings. The number of benzene rings is 2. The molecule has 0 bridgehead atoms. The Morgan fingerprint density at radius 3 is 1.86 bits per heavy atom. The number of hydrogen-bond donors (Lipinski definition) is 0. The number of nitrogens with zero attached hydrogens (tertiary/aromatic N) is 2. The molecule has 0 spiro atoms. The van der Waals surface area contributed by atoms with Gasteiger partial charge in [0.15, 0.2) is 0 Å². The Bertz CT molecular complexity index is 809. The van der Waals surface area contributed by atoms with Gasteiger partial charge in [0.1, 0.15) is 5.75 Å². The summed E-state index contributed by atoms with van der Waals surface area (Å²) >= 11 is 0. The highest BCUT2D eigenvalue weighted by molar-refractivity contribution is 5.94. The zero-order valence-electron chi connectivity index (χ0n) is 22.7. The fraction of sp³-hybridized carbons (Fsp3) is 0.581. The molecule has 2 aromatic carbocycles. The van der Waals surface area contributed by atoms with E-state index in [0.29, 0.717) is 13.2 Å². The minimum Gasteiger partial charge on any atom is -0.494 e. The van der Waals surface area contributed by atoms with E-state index in [1.165, 1.54) is 50.5 Å². The van der Waals surface area contributed by atoms with Crippen LogP contribution in [0.5, 0.6) is 5.75 Å². The first kappa shape index (κ1) is 28.9. The molecule has 35 heavy (non-hydrogen) atoms. The Morgan fingerprint density at radius 2 is 1.29 bits per heavy atom. The normalized spacial score (nSPS) is 11.1. The highest BCUT2D eigenvalue weighted by atomic mass is 16.5. The predicted octanol–water partition coefficient (Wildman–Crippen LogP) is 7.36. The summed E-state index contributed by atoms with van der Waals surface area (Å²) in [5.74, 6) is 0.989. The van der Waals surface area contributed by atoms with Gasteiger partial charge in [0, 0.05) is 25.2 Å². The van der Waals surface area contributed by atoms with E-state index in [1.54, 1.807) is 0 Å². The molecule has 0 fully saturated rings. The molecule has 0 atom stereocenters. The summed E-state index contributed by atoms with van der Waals surface area (Å²) in [6.07, 6.45) is 9.57. The van der Waals surface area contributed by atoms with Gasteiger partial charge >= 0.3 is 0 Å². The zero-order chi connectivity index (χ0) is 25.3. The summed E-state index contributed by atoms with van der Waals surface area (Å²) in [6, 6.07) is 16.5. The predicted molar refractivity (Wildman–Crippen MR) is 148 cm³/mol. The van der Waals surface area contributed by atoms with Gasteiger partial charge in [0.2, 0.25) is 0 Å². The van der Waals surface area contributed by atoms with Gasteiger partial charge in [-0.3, -0.25) is 4.79 Å². The van der Waals surface area contributed by atoms with Gasteiger partial charge in [-0.1, -0.05) is 70.7 Å². The lowest BCUT2D eigenvalue weighted by Gasteiger charge is -2.28. The molecule has 0 saturated carbocycles. The molecule has 0 aliphatic carbocycles. The lowest BCUT2D eigenvalue weighted by Crippen LogP contribution is -2.39. The monoisotopic (exact) mass is 480 g/mol. The van der Waals surface area contributed by atoms with E-state index in [-0.39, 0.29) is 5.91 Å². The van der Waals surface area contributed by atoms with Crippen LogP contribution in [0.2, 0.25) is 0 Å². The molecule has 0 aliphatic heterocycles. The van der Waals surface area contributed by atoms with Crippen molar-refractivity contribution in [2.45, 2.75) is 85.6 Å². The van der Waals surface area contributed by atoms with E-state index >= 15 is 0 Å². The van der Waals surface area contributed by atoms with Crippen molar-refractivity contribution in [1.29, 1.82) is 0 Å². The van der Waals surface area contributed by atoms with Crippen molar-refractivity contribution in [3.05, 3.63) is 65.2 Å². The smallest absolute Gasteiger partial charge is 0.254 e. The maximum absolute atomic E-state index is 13.6. The minimum absolute atomic E-state index is 0.116. The van der Waals surface area contributed by atoms with Crippen LogP contribution in [0.15, 0.2) is 48.5 Å². The van der Waals surface area contributed by atoms with Gasteiger partial charge in [-0.15, -0.1) is 0 Å². The zero-order valence-corrected chi connectivity index (χ0v) is 22.7. The number of carbonyl (C=O) groups is 1. The molecule has 194 valence electrons. The van der Waals surface area contributed by atoms with Gasteiger partial charge in [0.25, 0.3) is 5.91 Å². The molecule has 0 heterocycles. The van der Waals surface area contributed by atoms with Gasteiger partial charge in [-0.2, -0.15) is 0 Å². The molecule has 0 aromatic heterocycles. The molecule has 4 nitrogen and oxygen atoms in total. The summed E-state index contributed by atoms with van der Waals surface area (Å²) in [7, 11) is 0. The average Bonchev–Trinajstić information content (AvgIpc) is 2.88. The van der Waals surface area contributed by atoms with Crippen molar-refractivity contribution in [3.8, 4) is 5.75 Å². The first-order valence-corrected chi connectivity index (χ1v) is 13.9. The fourth-order valence-electron chi connectivity index (χ4n) is 4.27. The maximum Gasteiger partial charge on any atom is 0.254 e. The van der Waals surface area contributed by atoms with Crippen LogP contribution in [0.4, 0.5) is 0 Å². The van der Waals surface area contributed by atoms with E-state index in [4.69, 9.17) is 4.74 Å². The standard InChI is InChI=1S/C31H48N2O2/c1-5-9-12-13-27-14-18-29(19-15-27)31(34)33(25-24-32(22-10-6-2)23-11-7-3)26-28-16-20-30(21-17-28)35-8-4/h14-21H,5-13,22-26H2,1-4H3.